The number of halogens is 1. The van der Waals surface area contributed by atoms with Gasteiger partial charge in [-0.3, -0.25) is 29.0 Å². The predicted octanol–water partition coefficient (Wildman–Crippen LogP) is -1.13. The first-order chi connectivity index (χ1) is 20.2. The average molecular weight is 620 g/mol. The summed E-state index contributed by atoms with van der Waals surface area (Å²) in [6.45, 7) is 1.66. The number of urea groups is 1. The second-order valence-corrected chi connectivity index (χ2v) is 11.4. The van der Waals surface area contributed by atoms with Gasteiger partial charge in [0.2, 0.25) is 15.9 Å². The van der Waals surface area contributed by atoms with E-state index in [0.29, 0.717) is 16.5 Å². The number of benzene rings is 1. The number of carboxylic acids is 1. The highest BCUT2D eigenvalue weighted by atomic mass is 32.2. The molecule has 2 aliphatic rings. The summed E-state index contributed by atoms with van der Waals surface area (Å²) < 4.78 is 45.7. The molecule has 1 aromatic heterocycles. The van der Waals surface area contributed by atoms with Gasteiger partial charge in [-0.05, 0) is 25.0 Å². The van der Waals surface area contributed by atoms with Crippen molar-refractivity contribution in [1.82, 2.24) is 25.4 Å². The van der Waals surface area contributed by atoms with E-state index in [-0.39, 0.29) is 43.1 Å². The molecular formula is C24H26BFN6O10S. The maximum atomic E-state index is 15.2. The maximum Gasteiger partial charge on any atom is 0.547 e. The van der Waals surface area contributed by atoms with Crippen LogP contribution in [0.3, 0.4) is 0 Å². The number of nitrogens with one attached hydrogen (secondary N) is 3. The van der Waals surface area contributed by atoms with E-state index < -0.39 is 70.4 Å². The molecule has 1 aromatic carbocycles. The summed E-state index contributed by atoms with van der Waals surface area (Å²) in [5.41, 5.74) is -0.860. The molecule has 1 fully saturated rings. The Hall–Kier alpha value is -4.78. The van der Waals surface area contributed by atoms with E-state index in [4.69, 9.17) is 4.65 Å². The van der Waals surface area contributed by atoms with Crippen LogP contribution in [0.5, 0.6) is 5.75 Å². The molecule has 1 saturated heterocycles. The Balaban J connectivity index is 1.62. The van der Waals surface area contributed by atoms with Gasteiger partial charge < -0.3 is 30.3 Å². The van der Waals surface area contributed by atoms with Gasteiger partial charge in [-0.1, -0.05) is 12.1 Å². The molecule has 5 N–H and O–H groups in total. The lowest BCUT2D eigenvalue weighted by molar-refractivity contribution is -0.153. The van der Waals surface area contributed by atoms with Crippen molar-refractivity contribution in [3.63, 3.8) is 0 Å². The van der Waals surface area contributed by atoms with Gasteiger partial charge in [0.05, 0.1) is 29.6 Å². The van der Waals surface area contributed by atoms with Crippen molar-refractivity contribution in [3.05, 3.63) is 53.1 Å². The van der Waals surface area contributed by atoms with E-state index in [1.807, 2.05) is 4.72 Å². The van der Waals surface area contributed by atoms with Gasteiger partial charge in [-0.25, -0.2) is 22.4 Å². The quantitative estimate of drug-likeness (QED) is 0.175. The van der Waals surface area contributed by atoms with Crippen LogP contribution in [-0.2, 0) is 30.8 Å². The summed E-state index contributed by atoms with van der Waals surface area (Å²) >= 11 is 0. The number of carboxylic acid groups (broad SMARTS) is 1. The van der Waals surface area contributed by atoms with E-state index in [2.05, 4.69) is 15.6 Å². The third-order valence-electron chi connectivity index (χ3n) is 6.59. The fourth-order valence-corrected chi connectivity index (χ4v) is 5.08. The number of carbonyl (C=O) groups excluding carboxylic acids is 4. The van der Waals surface area contributed by atoms with E-state index in [1.54, 1.807) is 6.92 Å². The van der Waals surface area contributed by atoms with Crippen LogP contribution in [0.15, 0.2) is 30.5 Å². The molecule has 5 amide bonds. The fraction of sp³-hybridized carbons (Fsp3) is 0.333. The Bertz CT molecular complexity index is 1610. The van der Waals surface area contributed by atoms with Gasteiger partial charge >= 0.3 is 30.9 Å². The lowest BCUT2D eigenvalue weighted by Crippen LogP contribution is -2.60. The van der Waals surface area contributed by atoms with E-state index >= 15 is 4.39 Å². The number of rotatable bonds is 8. The number of imide groups is 1. The standard InChI is InChI=1S/C24H26BFN6O10S/c1-3-31-7-8-32(22(35)21(31)34)24(38)29-18(17-15(26)10-13(11-27-17)30-43(2,40)41)20(33)28-16-9-12-5-4-6-14(23(36)37)19(12)42-25(16)39/h4-6,10-11,16,18,30,39H,3,7-9H2,1-2H3,(H,28,33)(H,29,38)(H,36,37)/t16-,18?/m0/s1. The summed E-state index contributed by atoms with van der Waals surface area (Å²) in [5, 5.41) is 24.5. The largest absolute Gasteiger partial charge is 0.547 e. The minimum absolute atomic E-state index is 0.0210. The van der Waals surface area contributed by atoms with Crippen molar-refractivity contribution in [1.29, 1.82) is 0 Å². The number of sulfonamides is 1. The number of fused-ring (bicyclic) bond motifs is 1. The van der Waals surface area contributed by atoms with Crippen LogP contribution >= 0.6 is 0 Å². The number of anilines is 1. The Morgan fingerprint density at radius 3 is 2.58 bits per heavy atom. The fourth-order valence-electron chi connectivity index (χ4n) is 4.54. The van der Waals surface area contributed by atoms with E-state index in [9.17, 15) is 42.5 Å². The van der Waals surface area contributed by atoms with Crippen LogP contribution in [0.1, 0.15) is 34.6 Å². The molecule has 3 heterocycles. The zero-order valence-corrected chi connectivity index (χ0v) is 23.6. The number of hydrogen-bond donors (Lipinski definition) is 5. The highest BCUT2D eigenvalue weighted by molar-refractivity contribution is 7.92. The molecule has 19 heteroatoms. The van der Waals surface area contributed by atoms with Crippen molar-refractivity contribution in [2.45, 2.75) is 25.3 Å². The smallest absolute Gasteiger partial charge is 0.534 e. The second kappa shape index (κ2) is 12.2. The zero-order chi connectivity index (χ0) is 31.6. The summed E-state index contributed by atoms with van der Waals surface area (Å²) in [6, 6.07) is 1.76. The van der Waals surface area contributed by atoms with Crippen LogP contribution in [0.4, 0.5) is 14.9 Å². The minimum atomic E-state index is -3.82. The van der Waals surface area contributed by atoms with Gasteiger partial charge in [-0.2, -0.15) is 0 Å². The first-order valence-corrected chi connectivity index (χ1v) is 14.6. The lowest BCUT2D eigenvalue weighted by atomic mass is 9.72. The summed E-state index contributed by atoms with van der Waals surface area (Å²) in [7, 11) is -5.57. The van der Waals surface area contributed by atoms with Crippen LogP contribution in [0.2, 0.25) is 0 Å². The van der Waals surface area contributed by atoms with Crippen LogP contribution in [-0.4, -0.2) is 102 Å². The Morgan fingerprint density at radius 1 is 1.23 bits per heavy atom. The van der Waals surface area contributed by atoms with Gasteiger partial charge in [0, 0.05) is 25.7 Å². The minimum Gasteiger partial charge on any atom is -0.534 e. The molecule has 0 bridgehead atoms. The van der Waals surface area contributed by atoms with Crippen LogP contribution in [0, 0.1) is 5.82 Å². The number of aromatic carboxylic acids is 1. The van der Waals surface area contributed by atoms with Crippen LogP contribution < -0.4 is 20.0 Å². The maximum absolute atomic E-state index is 15.2. The summed E-state index contributed by atoms with van der Waals surface area (Å²) in [6.07, 6.45) is 1.59. The van der Waals surface area contributed by atoms with Crippen molar-refractivity contribution >= 4 is 52.6 Å². The molecule has 2 aromatic rings. The Kier molecular flexibility index (Phi) is 8.86. The number of carbonyl (C=O) groups is 5. The molecule has 2 atom stereocenters. The van der Waals surface area contributed by atoms with Crippen molar-refractivity contribution in [2.75, 3.05) is 30.6 Å². The molecular weight excluding hydrogens is 594 g/mol. The molecule has 0 spiro atoms. The van der Waals surface area contributed by atoms with E-state index in [1.165, 1.54) is 23.1 Å². The molecule has 228 valence electrons. The topological polar surface area (TPSA) is 225 Å². The number of pyridine rings is 1. The predicted molar refractivity (Wildman–Crippen MR) is 146 cm³/mol. The molecule has 43 heavy (non-hydrogen) atoms. The number of piperazine rings is 1. The zero-order valence-electron chi connectivity index (χ0n) is 22.7. The monoisotopic (exact) mass is 620 g/mol. The van der Waals surface area contributed by atoms with Gasteiger partial charge in [0.1, 0.15) is 17.3 Å². The second-order valence-electron chi connectivity index (χ2n) is 9.62. The molecule has 2 aliphatic heterocycles. The summed E-state index contributed by atoms with van der Waals surface area (Å²) in [4.78, 5) is 68.5. The van der Waals surface area contributed by atoms with Crippen molar-refractivity contribution < 1.29 is 51.6 Å². The summed E-state index contributed by atoms with van der Waals surface area (Å²) in [5.74, 6) is -7.09. The van der Waals surface area contributed by atoms with Crippen molar-refractivity contribution in [2.24, 2.45) is 0 Å². The molecule has 0 radical (unpaired) electrons. The van der Waals surface area contributed by atoms with Crippen LogP contribution in [0.25, 0.3) is 0 Å². The highest BCUT2D eigenvalue weighted by Crippen LogP contribution is 2.30. The highest BCUT2D eigenvalue weighted by Gasteiger charge is 2.41. The molecule has 1 unspecified atom stereocenters. The third-order valence-corrected chi connectivity index (χ3v) is 7.20. The Morgan fingerprint density at radius 2 is 1.95 bits per heavy atom. The normalized spacial score (nSPS) is 17.5. The van der Waals surface area contributed by atoms with Gasteiger partial charge in [0.25, 0.3) is 0 Å². The van der Waals surface area contributed by atoms with E-state index in [0.717, 1.165) is 12.5 Å². The number of nitrogens with zero attached hydrogens (tertiary/aromatic N) is 3. The molecule has 0 saturated carbocycles. The third kappa shape index (κ3) is 6.83. The number of hydrogen-bond acceptors (Lipinski definition) is 10. The number of amides is 5. The SMILES string of the molecule is CCN1CCN(C(=O)NC(C(=O)N[C@H]2Cc3cccc(C(=O)O)c3OB2O)c2ncc(NS(C)(=O)=O)cc2F)C(=O)C1=O. The first kappa shape index (κ1) is 31.2. The average Bonchev–Trinajstić information content (AvgIpc) is 2.92. The number of likely N-dealkylation sites (N-methyl/N-ethyl adjacent to an activating group) is 1. The van der Waals surface area contributed by atoms with Gasteiger partial charge in [-0.15, -0.1) is 0 Å². The van der Waals surface area contributed by atoms with Gasteiger partial charge in [0.15, 0.2) is 6.04 Å². The Labute approximate surface area is 244 Å². The lowest BCUT2D eigenvalue weighted by Gasteiger charge is -2.33. The molecule has 0 aliphatic carbocycles. The number of aromatic nitrogens is 1. The molecule has 16 nitrogen and oxygen atoms in total. The first-order valence-electron chi connectivity index (χ1n) is 12.7. The molecule has 4 rings (SSSR count). The number of para-hydroxylation sites is 1. The van der Waals surface area contributed by atoms with Crippen molar-refractivity contribution in [3.8, 4) is 5.75 Å².